The Kier molecular flexibility index (Phi) is 43.2. The SMILES string of the molecule is C=C(C)C(=O)Oc1ccc(-c2ccc(OC(=O)C(=C)C)c(F)c2)c(F)c1.C=C(C)C(=O)Oc1ccc(-c2ccc(OC(=O)C(=C)C)c(F)c2F)cc1.C=C(C)C(=O)Oc1ccc(-c2ccc(OC(=O)C(=C)C)cc2F)c(F)c1.C=CC(=O)Oc1ccc(-c2ccc(OC(=O)C=C)c(F)c2)c(F)c1.C=CC(=O)Oc1ccc(-c2ccc(OC(=O)C=C)c(F)c2F)cc1.C=CC(=O)Oc1ccc(-c2ccc(OC(=O)C=C)cc2F)c(F)c1. The van der Waals surface area contributed by atoms with Crippen molar-refractivity contribution in [3.63, 3.8) is 0 Å². The molecule has 12 rings (SSSR count). The Morgan fingerprint density at radius 2 is 0.360 bits per heavy atom. The van der Waals surface area contributed by atoms with Crippen LogP contribution in [-0.2, 0) is 57.5 Å². The van der Waals surface area contributed by atoms with Crippen molar-refractivity contribution < 1.29 is 167 Å². The number of rotatable bonds is 30. The van der Waals surface area contributed by atoms with E-state index in [0.717, 1.165) is 97.1 Å². The molecule has 0 aliphatic rings. The minimum absolute atomic E-state index is 0.00171. The molecule has 0 aromatic heterocycles. The van der Waals surface area contributed by atoms with Gasteiger partial charge in [-0.1, -0.05) is 115 Å². The van der Waals surface area contributed by atoms with Crippen LogP contribution in [0.15, 0.2) is 367 Å². The number of benzene rings is 12. The van der Waals surface area contributed by atoms with Crippen LogP contribution in [0.1, 0.15) is 41.5 Å². The Morgan fingerprint density at radius 1 is 0.180 bits per heavy atom. The summed E-state index contributed by atoms with van der Waals surface area (Å²) in [5.74, 6) is -21.1. The summed E-state index contributed by atoms with van der Waals surface area (Å²) in [5, 5.41) is 0. The van der Waals surface area contributed by atoms with E-state index >= 15 is 0 Å². The molecular weight excluding hydrogens is 1980 g/mol. The minimum atomic E-state index is -1.29. The largest absolute Gasteiger partial charge is 0.423 e. The highest BCUT2D eigenvalue weighted by molar-refractivity contribution is 5.94. The number of carbonyl (C=O) groups excluding carboxylic acids is 12. The lowest BCUT2D eigenvalue weighted by Crippen LogP contribution is -2.10. The van der Waals surface area contributed by atoms with E-state index in [2.05, 4.69) is 83.7 Å². The van der Waals surface area contributed by atoms with Gasteiger partial charge in [-0.05, 0) is 209 Å². The standard InChI is InChI=1S/3C20H16F2O4.3C18H12F2O4/c1-11(2)19(23)25-14-6-7-15(16(21)10-14)13-5-8-18(17(22)9-13)26-20(24)12(3)4;1-11(2)19(23)25-13-5-7-15(17(21)9-13)16-8-6-14(10-18(16)22)26-20(24)12(3)4;1-11(2)19(23)25-14-7-5-13(6-8-14)15-9-10-16(18(22)17(15)21)26-20(24)12(3)4;1-3-17(21)23-12-6-7-13(14(19)10-12)11-5-8-16(15(20)9-11)24-18(22)4-2;1-3-17(21)23-11-5-7-13(15(19)9-11)14-8-6-12(10-16(14)20)24-18(22)4-2;1-3-15(21)23-12-7-5-11(6-8-12)13-9-10-14(18(20)17(13)19)24-16(22)4-2/h3*5-10H,1,3H2,2,4H3;3*3-10H,1-2H2. The zero-order valence-corrected chi connectivity index (χ0v) is 80.1. The van der Waals surface area contributed by atoms with Gasteiger partial charge in [-0.15, -0.1) is 0 Å². The van der Waals surface area contributed by atoms with Gasteiger partial charge in [-0.25, -0.2) is 101 Å². The second-order valence-corrected chi connectivity index (χ2v) is 30.4. The van der Waals surface area contributed by atoms with E-state index in [1.165, 1.54) is 199 Å². The van der Waals surface area contributed by atoms with Gasteiger partial charge in [0.25, 0.3) is 0 Å². The van der Waals surface area contributed by atoms with Gasteiger partial charge in [0.15, 0.2) is 46.3 Å². The smallest absolute Gasteiger partial charge is 0.338 e. The molecule has 12 aromatic rings. The summed E-state index contributed by atoms with van der Waals surface area (Å²) in [6.45, 7) is 48.6. The molecule has 0 amide bonds. The fourth-order valence-corrected chi connectivity index (χ4v) is 11.4. The fraction of sp³-hybridized carbons (Fsp3) is 0.0526. The number of hydrogen-bond acceptors (Lipinski definition) is 24. The van der Waals surface area contributed by atoms with Gasteiger partial charge in [0.1, 0.15) is 80.9 Å². The van der Waals surface area contributed by atoms with Crippen LogP contribution in [0, 0.1) is 69.8 Å². The van der Waals surface area contributed by atoms with E-state index in [-0.39, 0.29) is 147 Å². The van der Waals surface area contributed by atoms with E-state index < -0.39 is 153 Å². The predicted molar refractivity (Wildman–Crippen MR) is 528 cm³/mol. The van der Waals surface area contributed by atoms with Crippen molar-refractivity contribution in [1.29, 1.82) is 0 Å². The third-order valence-corrected chi connectivity index (χ3v) is 18.8. The lowest BCUT2D eigenvalue weighted by atomic mass is 10.0. The van der Waals surface area contributed by atoms with Gasteiger partial charge in [-0.2, -0.15) is 8.78 Å². The van der Waals surface area contributed by atoms with Gasteiger partial charge in [-0.3, -0.25) is 0 Å². The van der Waals surface area contributed by atoms with Crippen molar-refractivity contribution in [3.8, 4) is 136 Å². The van der Waals surface area contributed by atoms with Gasteiger partial charge in [0.2, 0.25) is 11.6 Å². The van der Waals surface area contributed by atoms with Gasteiger partial charge in [0, 0.05) is 151 Å². The molecular formula is C114H84F12O24. The van der Waals surface area contributed by atoms with Crippen LogP contribution in [0.5, 0.6) is 69.0 Å². The zero-order chi connectivity index (χ0) is 111. The van der Waals surface area contributed by atoms with Crippen molar-refractivity contribution >= 4 is 71.6 Å². The van der Waals surface area contributed by atoms with Crippen molar-refractivity contribution in [1.82, 2.24) is 0 Å². The zero-order valence-electron chi connectivity index (χ0n) is 80.1. The van der Waals surface area contributed by atoms with Crippen LogP contribution in [-0.4, -0.2) is 71.6 Å². The molecule has 0 heterocycles. The Labute approximate surface area is 848 Å². The van der Waals surface area contributed by atoms with Crippen LogP contribution in [0.3, 0.4) is 0 Å². The van der Waals surface area contributed by atoms with Crippen molar-refractivity contribution in [2.75, 3.05) is 0 Å². The topological polar surface area (TPSA) is 316 Å². The molecule has 0 spiro atoms. The maximum atomic E-state index is 14.3. The van der Waals surface area contributed by atoms with E-state index in [9.17, 15) is 110 Å². The third-order valence-electron chi connectivity index (χ3n) is 18.8. The Bertz CT molecular complexity index is 7300. The Hall–Kier alpha value is -19.7. The van der Waals surface area contributed by atoms with Crippen LogP contribution < -0.4 is 56.8 Å². The monoisotopic (exact) mass is 2060 g/mol. The first kappa shape index (κ1) is 117. The number of esters is 12. The molecule has 36 heteroatoms. The summed E-state index contributed by atoms with van der Waals surface area (Å²) in [5.41, 5.74) is 2.09. The third kappa shape index (κ3) is 34.3. The Morgan fingerprint density at radius 3 is 0.613 bits per heavy atom. The molecule has 0 saturated heterocycles. The lowest BCUT2D eigenvalue weighted by Gasteiger charge is -2.10. The van der Waals surface area contributed by atoms with Crippen LogP contribution in [0.4, 0.5) is 52.7 Å². The van der Waals surface area contributed by atoms with Crippen LogP contribution >= 0.6 is 0 Å². The molecule has 24 nitrogen and oxygen atoms in total. The minimum Gasteiger partial charge on any atom is -0.423 e. The molecule has 0 aliphatic heterocycles. The summed E-state index contributed by atoms with van der Waals surface area (Å²) < 4.78 is 228. The molecule has 768 valence electrons. The highest BCUT2D eigenvalue weighted by Gasteiger charge is 2.25. The van der Waals surface area contributed by atoms with E-state index in [4.69, 9.17) is 52.1 Å². The molecule has 0 aliphatic carbocycles. The fourth-order valence-electron chi connectivity index (χ4n) is 11.4. The molecule has 0 saturated carbocycles. The molecule has 0 fully saturated rings. The van der Waals surface area contributed by atoms with Crippen LogP contribution in [0.25, 0.3) is 66.8 Å². The summed E-state index contributed by atoms with van der Waals surface area (Å²) in [6, 6.07) is 45.5. The maximum Gasteiger partial charge on any atom is 0.338 e. The summed E-state index contributed by atoms with van der Waals surface area (Å²) in [4.78, 5) is 135. The van der Waals surface area contributed by atoms with Gasteiger partial charge in [0.05, 0.1) is 0 Å². The molecule has 150 heavy (non-hydrogen) atoms. The number of ether oxygens (including phenoxy) is 12. The quantitative estimate of drug-likeness (QED) is 0.0175. The lowest BCUT2D eigenvalue weighted by molar-refractivity contribution is -0.131. The molecule has 0 atom stereocenters. The molecule has 12 aromatic carbocycles. The van der Waals surface area contributed by atoms with Crippen molar-refractivity contribution in [2.45, 2.75) is 41.5 Å². The molecule has 0 bridgehead atoms. The second kappa shape index (κ2) is 55.2. The van der Waals surface area contributed by atoms with E-state index in [0.29, 0.717) is 11.1 Å². The average Bonchev–Trinajstić information content (AvgIpc) is 0.787. The number of carbonyl (C=O) groups is 12. The first-order chi connectivity index (χ1) is 70.9. The van der Waals surface area contributed by atoms with Gasteiger partial charge < -0.3 is 56.8 Å². The first-order valence-electron chi connectivity index (χ1n) is 42.8. The highest BCUT2D eigenvalue weighted by Crippen LogP contribution is 2.39. The van der Waals surface area contributed by atoms with E-state index in [1.807, 2.05) is 0 Å². The summed E-state index contributed by atoms with van der Waals surface area (Å²) in [6.07, 6.45) is 5.57. The van der Waals surface area contributed by atoms with E-state index in [1.54, 1.807) is 0 Å². The van der Waals surface area contributed by atoms with Crippen molar-refractivity contribution in [2.24, 2.45) is 0 Å². The highest BCUT2D eigenvalue weighted by atomic mass is 19.2. The molecule has 0 unspecified atom stereocenters. The number of hydrogen-bond donors (Lipinski definition) is 0. The Balaban J connectivity index is 0.000000243. The normalized spacial score (nSPS) is 10.0. The molecule has 0 radical (unpaired) electrons. The summed E-state index contributed by atoms with van der Waals surface area (Å²) in [7, 11) is 0. The average molecular weight is 2070 g/mol. The van der Waals surface area contributed by atoms with Crippen molar-refractivity contribution in [3.05, 3.63) is 437 Å². The molecule has 0 N–H and O–H groups in total. The predicted octanol–water partition coefficient (Wildman–Crippen LogP) is 25.2. The summed E-state index contributed by atoms with van der Waals surface area (Å²) >= 11 is 0. The number of halogens is 12. The van der Waals surface area contributed by atoms with Gasteiger partial charge >= 0.3 is 71.6 Å². The van der Waals surface area contributed by atoms with Crippen LogP contribution in [0.2, 0.25) is 0 Å². The second-order valence-electron chi connectivity index (χ2n) is 30.4. The first-order valence-corrected chi connectivity index (χ1v) is 42.8. The maximum absolute atomic E-state index is 14.3.